The molecule has 0 saturated heterocycles. The molecule has 6 nitrogen and oxygen atoms in total. The van der Waals surface area contributed by atoms with Crippen molar-refractivity contribution in [3.63, 3.8) is 0 Å². The molecule has 0 aliphatic carbocycles. The Morgan fingerprint density at radius 2 is 1.71 bits per heavy atom. The molecule has 0 rings (SSSR count). The number of carbonyl (C=O) groups is 3. The molecule has 21 heavy (non-hydrogen) atoms. The lowest BCUT2D eigenvalue weighted by Crippen LogP contribution is -2.49. The third kappa shape index (κ3) is 7.91. The molecule has 0 fully saturated rings. The third-order valence-electron chi connectivity index (χ3n) is 2.69. The molecule has 0 saturated carbocycles. The van der Waals surface area contributed by atoms with E-state index in [1.54, 1.807) is 12.2 Å². The number of methoxy groups -OCH3 is 1. The third-order valence-corrected chi connectivity index (χ3v) is 2.69. The van der Waals surface area contributed by atoms with Gasteiger partial charge in [-0.1, -0.05) is 12.2 Å². The molecule has 118 valence electrons. The molecule has 0 bridgehead atoms. The normalized spacial score (nSPS) is 12.7. The van der Waals surface area contributed by atoms with Gasteiger partial charge in [-0.05, 0) is 19.8 Å². The van der Waals surface area contributed by atoms with Crippen molar-refractivity contribution >= 4 is 17.8 Å². The van der Waals surface area contributed by atoms with Crippen LogP contribution >= 0.6 is 0 Å². The summed E-state index contributed by atoms with van der Waals surface area (Å²) in [6.45, 7) is 8.56. The van der Waals surface area contributed by atoms with Gasteiger partial charge in [-0.3, -0.25) is 9.59 Å². The van der Waals surface area contributed by atoms with E-state index >= 15 is 0 Å². The molecule has 1 amide bonds. The Hall–Kier alpha value is -2.11. The van der Waals surface area contributed by atoms with E-state index in [4.69, 9.17) is 4.74 Å². The average molecular weight is 297 g/mol. The number of rotatable bonds is 10. The fourth-order valence-electron chi connectivity index (χ4n) is 1.53. The minimum absolute atomic E-state index is 0.173. The van der Waals surface area contributed by atoms with Crippen molar-refractivity contribution in [2.24, 2.45) is 0 Å². The van der Waals surface area contributed by atoms with Crippen molar-refractivity contribution in [2.75, 3.05) is 7.11 Å². The molecule has 0 aliphatic rings. The quantitative estimate of drug-likeness (QED) is 0.488. The molecular weight excluding hydrogens is 274 g/mol. The molecule has 1 N–H and O–H groups in total. The van der Waals surface area contributed by atoms with E-state index in [9.17, 15) is 14.4 Å². The molecule has 0 aliphatic heterocycles. The van der Waals surface area contributed by atoms with Gasteiger partial charge < -0.3 is 14.8 Å². The second-order valence-electron chi connectivity index (χ2n) is 4.42. The van der Waals surface area contributed by atoms with Crippen LogP contribution < -0.4 is 5.32 Å². The van der Waals surface area contributed by atoms with Gasteiger partial charge in [0.05, 0.1) is 7.11 Å². The highest BCUT2D eigenvalue weighted by Gasteiger charge is 2.30. The minimum atomic E-state index is -1.03. The first kappa shape index (κ1) is 18.9. The summed E-state index contributed by atoms with van der Waals surface area (Å²) in [6.07, 6.45) is 3.74. The van der Waals surface area contributed by atoms with Crippen LogP contribution in [0.3, 0.4) is 0 Å². The molecule has 0 heterocycles. The maximum absolute atomic E-state index is 11.7. The lowest BCUT2D eigenvalue weighted by molar-refractivity contribution is -0.157. The fraction of sp³-hybridized carbons (Fsp3) is 0.533. The summed E-state index contributed by atoms with van der Waals surface area (Å²) in [7, 11) is 1.21. The van der Waals surface area contributed by atoms with Gasteiger partial charge in [0.1, 0.15) is 6.10 Å². The van der Waals surface area contributed by atoms with Crippen LogP contribution in [0.1, 0.15) is 32.6 Å². The summed E-state index contributed by atoms with van der Waals surface area (Å²) in [4.78, 5) is 34.9. The Morgan fingerprint density at radius 3 is 2.24 bits per heavy atom. The Kier molecular flexibility index (Phi) is 9.58. The summed E-state index contributed by atoms with van der Waals surface area (Å²) in [5.74, 6) is -1.46. The van der Waals surface area contributed by atoms with Crippen molar-refractivity contribution in [3.05, 3.63) is 25.3 Å². The zero-order valence-corrected chi connectivity index (χ0v) is 12.6. The monoisotopic (exact) mass is 297 g/mol. The molecule has 2 unspecified atom stereocenters. The SMILES string of the molecule is C=CCCC(=O)NC(C(=O)OC)C(C)OC(=O)CCC=C. The van der Waals surface area contributed by atoms with E-state index in [1.807, 2.05) is 0 Å². The fourth-order valence-corrected chi connectivity index (χ4v) is 1.53. The van der Waals surface area contributed by atoms with Crippen LogP contribution in [-0.4, -0.2) is 37.1 Å². The number of nitrogens with one attached hydrogen (secondary N) is 1. The standard InChI is InChI=1S/C15H23NO5/c1-5-7-9-12(17)16-14(15(19)20-4)11(3)21-13(18)10-8-6-2/h5-6,11,14H,1-2,7-10H2,3-4H3,(H,16,17). The topological polar surface area (TPSA) is 81.7 Å². The van der Waals surface area contributed by atoms with E-state index in [-0.39, 0.29) is 18.7 Å². The van der Waals surface area contributed by atoms with Crippen molar-refractivity contribution in [2.45, 2.75) is 44.8 Å². The summed E-state index contributed by atoms with van der Waals surface area (Å²) in [5, 5.41) is 2.51. The maximum atomic E-state index is 11.7. The summed E-state index contributed by atoms with van der Waals surface area (Å²) < 4.78 is 9.74. The highest BCUT2D eigenvalue weighted by atomic mass is 16.6. The molecule has 0 spiro atoms. The van der Waals surface area contributed by atoms with Crippen LogP contribution in [0.4, 0.5) is 0 Å². The lowest BCUT2D eigenvalue weighted by atomic mass is 10.1. The molecule has 0 aromatic rings. The molecule has 0 aromatic heterocycles. The van der Waals surface area contributed by atoms with Crippen LogP contribution in [0, 0.1) is 0 Å². The number of allylic oxidation sites excluding steroid dienone is 2. The van der Waals surface area contributed by atoms with Gasteiger partial charge in [0.2, 0.25) is 5.91 Å². The first-order valence-corrected chi connectivity index (χ1v) is 6.74. The van der Waals surface area contributed by atoms with Crippen molar-refractivity contribution in [1.29, 1.82) is 0 Å². The van der Waals surface area contributed by atoms with E-state index in [1.165, 1.54) is 14.0 Å². The first-order valence-electron chi connectivity index (χ1n) is 6.74. The Balaban J connectivity index is 4.62. The van der Waals surface area contributed by atoms with Crippen molar-refractivity contribution < 1.29 is 23.9 Å². The Labute approximate surface area is 125 Å². The highest BCUT2D eigenvalue weighted by Crippen LogP contribution is 2.06. The van der Waals surface area contributed by atoms with Gasteiger partial charge in [0.15, 0.2) is 6.04 Å². The number of hydrogen-bond acceptors (Lipinski definition) is 5. The van der Waals surface area contributed by atoms with Gasteiger partial charge in [0.25, 0.3) is 0 Å². The Bertz CT molecular complexity index is 392. The predicted octanol–water partition coefficient (Wildman–Crippen LogP) is 1.51. The maximum Gasteiger partial charge on any atom is 0.332 e. The summed E-state index contributed by atoms with van der Waals surface area (Å²) in [5.41, 5.74) is 0. The number of carbonyl (C=O) groups excluding carboxylic acids is 3. The van der Waals surface area contributed by atoms with Gasteiger partial charge in [-0.25, -0.2) is 4.79 Å². The minimum Gasteiger partial charge on any atom is -0.467 e. The van der Waals surface area contributed by atoms with E-state index in [0.29, 0.717) is 12.8 Å². The van der Waals surface area contributed by atoms with Crippen LogP contribution in [0.2, 0.25) is 0 Å². The van der Waals surface area contributed by atoms with Gasteiger partial charge in [0, 0.05) is 12.8 Å². The van der Waals surface area contributed by atoms with E-state index in [0.717, 1.165) is 0 Å². The summed E-state index contributed by atoms with van der Waals surface area (Å²) in [6, 6.07) is -1.03. The van der Waals surface area contributed by atoms with E-state index < -0.39 is 24.1 Å². The van der Waals surface area contributed by atoms with Gasteiger partial charge in [-0.15, -0.1) is 13.2 Å². The van der Waals surface area contributed by atoms with Crippen molar-refractivity contribution in [1.82, 2.24) is 5.32 Å². The number of esters is 2. The van der Waals surface area contributed by atoms with E-state index in [2.05, 4.69) is 23.2 Å². The molecule has 6 heteroatoms. The van der Waals surface area contributed by atoms with Gasteiger partial charge in [-0.2, -0.15) is 0 Å². The number of ether oxygens (including phenoxy) is 2. The number of hydrogen-bond donors (Lipinski definition) is 1. The largest absolute Gasteiger partial charge is 0.467 e. The van der Waals surface area contributed by atoms with Gasteiger partial charge >= 0.3 is 11.9 Å². The second kappa shape index (κ2) is 10.7. The molecule has 0 aromatic carbocycles. The predicted molar refractivity (Wildman–Crippen MR) is 78.4 cm³/mol. The number of amides is 1. The second-order valence-corrected chi connectivity index (χ2v) is 4.42. The van der Waals surface area contributed by atoms with Crippen molar-refractivity contribution in [3.8, 4) is 0 Å². The molecule has 2 atom stereocenters. The highest BCUT2D eigenvalue weighted by molar-refractivity contribution is 5.85. The first-order chi connectivity index (χ1) is 9.96. The Morgan fingerprint density at radius 1 is 1.14 bits per heavy atom. The average Bonchev–Trinajstić information content (AvgIpc) is 2.47. The summed E-state index contributed by atoms with van der Waals surface area (Å²) >= 11 is 0. The lowest BCUT2D eigenvalue weighted by Gasteiger charge is -2.23. The zero-order valence-electron chi connectivity index (χ0n) is 12.6. The van der Waals surface area contributed by atoms with Crippen LogP contribution in [0.5, 0.6) is 0 Å². The molecular formula is C15H23NO5. The van der Waals surface area contributed by atoms with Crippen LogP contribution in [0.15, 0.2) is 25.3 Å². The molecule has 0 radical (unpaired) electrons. The van der Waals surface area contributed by atoms with Crippen LogP contribution in [0.25, 0.3) is 0 Å². The smallest absolute Gasteiger partial charge is 0.332 e. The zero-order chi connectivity index (χ0) is 16.3. The van der Waals surface area contributed by atoms with Crippen LogP contribution in [-0.2, 0) is 23.9 Å².